The molecule has 2 N–H and O–H groups in total. The third kappa shape index (κ3) is 3.14. The van der Waals surface area contributed by atoms with Gasteiger partial charge in [0.15, 0.2) is 0 Å². The molecule has 0 aliphatic carbocycles. The maximum atomic E-state index is 8.02. The molecular formula is C7H9ClN4. The van der Waals surface area contributed by atoms with Crippen molar-refractivity contribution in [2.45, 2.75) is 6.54 Å². The average Bonchev–Trinajstić information content (AvgIpc) is 2.01. The number of hydrogen-bond acceptors (Lipinski definition) is 2. The normalized spacial score (nSPS) is 8.00. The van der Waals surface area contributed by atoms with Gasteiger partial charge in [0.1, 0.15) is 0 Å². The van der Waals surface area contributed by atoms with Crippen LogP contribution in [0.15, 0.2) is 29.4 Å². The van der Waals surface area contributed by atoms with Gasteiger partial charge in [-0.25, -0.2) is 0 Å². The second-order valence-corrected chi connectivity index (χ2v) is 2.13. The molecule has 0 aliphatic heterocycles. The van der Waals surface area contributed by atoms with Gasteiger partial charge in [-0.1, -0.05) is 17.2 Å². The standard InChI is InChI=1S/C7H8N4.ClH/c8-7-3-1-2-6(4-7)5-10-11-9;/h1-4H,5,8H2;1H. The minimum atomic E-state index is 0. The summed E-state index contributed by atoms with van der Waals surface area (Å²) in [6.45, 7) is 0.363. The fraction of sp³-hybridized carbons (Fsp3) is 0.143. The maximum Gasteiger partial charge on any atom is 0.0511 e. The van der Waals surface area contributed by atoms with E-state index >= 15 is 0 Å². The van der Waals surface area contributed by atoms with Gasteiger partial charge >= 0.3 is 0 Å². The molecule has 0 unspecified atom stereocenters. The molecule has 12 heavy (non-hydrogen) atoms. The molecule has 0 spiro atoms. The zero-order valence-corrected chi connectivity index (χ0v) is 7.16. The minimum Gasteiger partial charge on any atom is -0.399 e. The van der Waals surface area contributed by atoms with E-state index in [1.54, 1.807) is 12.1 Å². The molecule has 0 saturated carbocycles. The van der Waals surface area contributed by atoms with Crippen molar-refractivity contribution in [3.63, 3.8) is 0 Å². The topological polar surface area (TPSA) is 74.8 Å². The van der Waals surface area contributed by atoms with Crippen LogP contribution in [0.2, 0.25) is 0 Å². The van der Waals surface area contributed by atoms with Crippen molar-refractivity contribution in [1.82, 2.24) is 0 Å². The summed E-state index contributed by atoms with van der Waals surface area (Å²) >= 11 is 0. The Kier molecular flexibility index (Phi) is 4.69. The first-order valence-corrected chi connectivity index (χ1v) is 3.18. The third-order valence-corrected chi connectivity index (χ3v) is 1.27. The molecule has 0 aliphatic rings. The molecule has 0 atom stereocenters. The van der Waals surface area contributed by atoms with Crippen LogP contribution in [0.4, 0.5) is 5.69 Å². The van der Waals surface area contributed by atoms with E-state index in [1.807, 2.05) is 12.1 Å². The van der Waals surface area contributed by atoms with E-state index in [0.29, 0.717) is 12.2 Å². The predicted octanol–water partition coefficient (Wildman–Crippen LogP) is 2.50. The van der Waals surface area contributed by atoms with Crippen molar-refractivity contribution >= 4 is 18.1 Å². The second-order valence-electron chi connectivity index (χ2n) is 2.13. The predicted molar refractivity (Wildman–Crippen MR) is 51.0 cm³/mol. The van der Waals surface area contributed by atoms with E-state index in [1.165, 1.54) is 0 Å². The molecule has 1 rings (SSSR count). The number of azide groups is 1. The molecule has 0 saturated heterocycles. The largest absolute Gasteiger partial charge is 0.399 e. The number of halogens is 1. The Morgan fingerprint density at radius 1 is 1.50 bits per heavy atom. The molecule has 0 amide bonds. The van der Waals surface area contributed by atoms with Crippen LogP contribution < -0.4 is 5.73 Å². The van der Waals surface area contributed by atoms with Crippen LogP contribution in [0.25, 0.3) is 10.4 Å². The molecule has 0 radical (unpaired) electrons. The van der Waals surface area contributed by atoms with Crippen molar-refractivity contribution in [1.29, 1.82) is 0 Å². The fourth-order valence-corrected chi connectivity index (χ4v) is 0.805. The van der Waals surface area contributed by atoms with Crippen molar-refractivity contribution in [2.75, 3.05) is 5.73 Å². The van der Waals surface area contributed by atoms with Gasteiger partial charge in [0.25, 0.3) is 0 Å². The van der Waals surface area contributed by atoms with Crippen LogP contribution >= 0.6 is 12.4 Å². The van der Waals surface area contributed by atoms with Crippen LogP contribution in [0.5, 0.6) is 0 Å². The Bertz CT molecular complexity index is 293. The zero-order chi connectivity index (χ0) is 8.10. The lowest BCUT2D eigenvalue weighted by Gasteiger charge is -1.95. The lowest BCUT2D eigenvalue weighted by Crippen LogP contribution is -1.86. The highest BCUT2D eigenvalue weighted by molar-refractivity contribution is 5.85. The molecule has 0 heterocycles. The summed E-state index contributed by atoms with van der Waals surface area (Å²) in [5, 5.41) is 3.41. The quantitative estimate of drug-likeness (QED) is 0.326. The summed E-state index contributed by atoms with van der Waals surface area (Å²) < 4.78 is 0. The van der Waals surface area contributed by atoms with Gasteiger partial charge in [-0.15, -0.1) is 12.4 Å². The van der Waals surface area contributed by atoms with Crippen molar-refractivity contribution in [3.05, 3.63) is 40.3 Å². The molecule has 4 nitrogen and oxygen atoms in total. The average molecular weight is 185 g/mol. The van der Waals surface area contributed by atoms with Gasteiger partial charge in [-0.05, 0) is 23.2 Å². The molecule has 0 bridgehead atoms. The molecular weight excluding hydrogens is 176 g/mol. The number of nitrogen functional groups attached to an aromatic ring is 1. The van der Waals surface area contributed by atoms with Crippen molar-refractivity contribution < 1.29 is 0 Å². The van der Waals surface area contributed by atoms with E-state index in [9.17, 15) is 0 Å². The number of benzene rings is 1. The van der Waals surface area contributed by atoms with Crippen LogP contribution in [0.3, 0.4) is 0 Å². The Balaban J connectivity index is 0.00000121. The highest BCUT2D eigenvalue weighted by Crippen LogP contribution is 2.07. The van der Waals surface area contributed by atoms with Gasteiger partial charge in [0, 0.05) is 10.6 Å². The lowest BCUT2D eigenvalue weighted by atomic mass is 10.2. The van der Waals surface area contributed by atoms with Gasteiger partial charge < -0.3 is 5.73 Å². The summed E-state index contributed by atoms with van der Waals surface area (Å²) in [7, 11) is 0. The molecule has 1 aromatic carbocycles. The van der Waals surface area contributed by atoms with Gasteiger partial charge in [-0.2, -0.15) is 0 Å². The summed E-state index contributed by atoms with van der Waals surface area (Å²) in [4.78, 5) is 2.64. The summed E-state index contributed by atoms with van der Waals surface area (Å²) in [6.07, 6.45) is 0. The Morgan fingerprint density at radius 2 is 2.25 bits per heavy atom. The van der Waals surface area contributed by atoms with E-state index in [4.69, 9.17) is 11.3 Å². The van der Waals surface area contributed by atoms with Crippen molar-refractivity contribution in [2.24, 2.45) is 5.11 Å². The number of nitrogens with two attached hydrogens (primary N) is 1. The smallest absolute Gasteiger partial charge is 0.0511 e. The molecule has 1 aromatic rings. The van der Waals surface area contributed by atoms with Crippen LogP contribution in [-0.2, 0) is 6.54 Å². The first-order valence-electron chi connectivity index (χ1n) is 3.18. The molecule has 64 valence electrons. The van der Waals surface area contributed by atoms with E-state index in [0.717, 1.165) is 5.56 Å². The van der Waals surface area contributed by atoms with Crippen molar-refractivity contribution in [3.8, 4) is 0 Å². The third-order valence-electron chi connectivity index (χ3n) is 1.27. The molecule has 5 heteroatoms. The van der Waals surface area contributed by atoms with E-state index < -0.39 is 0 Å². The second kappa shape index (κ2) is 5.29. The van der Waals surface area contributed by atoms with Gasteiger partial charge in [-0.3, -0.25) is 0 Å². The van der Waals surface area contributed by atoms with Gasteiger partial charge in [0.2, 0.25) is 0 Å². The van der Waals surface area contributed by atoms with E-state index in [2.05, 4.69) is 10.0 Å². The summed E-state index contributed by atoms with van der Waals surface area (Å²) in [6, 6.07) is 7.27. The first-order chi connectivity index (χ1) is 5.33. The lowest BCUT2D eigenvalue weighted by molar-refractivity contribution is 1.05. The Hall–Kier alpha value is -1.38. The monoisotopic (exact) mass is 184 g/mol. The molecule has 0 aromatic heterocycles. The SMILES string of the molecule is Cl.[N-]=[N+]=NCc1cccc(N)c1. The van der Waals surface area contributed by atoms with Crippen LogP contribution in [0.1, 0.15) is 5.56 Å². The maximum absolute atomic E-state index is 8.02. The summed E-state index contributed by atoms with van der Waals surface area (Å²) in [5.41, 5.74) is 15.1. The number of hydrogen-bond donors (Lipinski definition) is 1. The molecule has 0 fully saturated rings. The summed E-state index contributed by atoms with van der Waals surface area (Å²) in [5.74, 6) is 0. The number of anilines is 1. The van der Waals surface area contributed by atoms with Crippen LogP contribution in [0, 0.1) is 0 Å². The van der Waals surface area contributed by atoms with Crippen LogP contribution in [-0.4, -0.2) is 0 Å². The van der Waals surface area contributed by atoms with E-state index in [-0.39, 0.29) is 12.4 Å². The highest BCUT2D eigenvalue weighted by atomic mass is 35.5. The zero-order valence-electron chi connectivity index (χ0n) is 6.34. The number of nitrogens with zero attached hydrogens (tertiary/aromatic N) is 3. The minimum absolute atomic E-state index is 0. The Labute approximate surface area is 76.4 Å². The number of rotatable bonds is 2. The highest BCUT2D eigenvalue weighted by Gasteiger charge is 1.89. The fourth-order valence-electron chi connectivity index (χ4n) is 0.805. The Morgan fingerprint density at radius 3 is 2.83 bits per heavy atom. The first kappa shape index (κ1) is 10.6. The van der Waals surface area contributed by atoms with Gasteiger partial charge in [0.05, 0.1) is 6.54 Å².